The van der Waals surface area contributed by atoms with Crippen LogP contribution < -0.4 is 10.1 Å². The molecule has 0 aliphatic rings. The summed E-state index contributed by atoms with van der Waals surface area (Å²) in [6, 6.07) is 11.6. The molecule has 0 aliphatic carbocycles. The molecule has 0 saturated heterocycles. The SMILES string of the molecule is Cc1ccc(Cl)cc1NC(=O)c1cc(CC(=O)c2c(Cl)ccc(CCC(=O)C(C)(C)C(F)(F)F)c2Cl)ccc1OCC(F)F. The van der Waals surface area contributed by atoms with Gasteiger partial charge in [0.05, 0.1) is 21.2 Å². The maximum absolute atomic E-state index is 13.4. The van der Waals surface area contributed by atoms with Crippen molar-refractivity contribution in [3.05, 3.63) is 91.4 Å². The number of hydrogen-bond donors (Lipinski definition) is 1. The predicted molar refractivity (Wildman–Crippen MR) is 160 cm³/mol. The maximum Gasteiger partial charge on any atom is 0.400 e. The molecule has 0 aliphatic heterocycles. The third-order valence-corrected chi connectivity index (χ3v) is 7.92. The third-order valence-electron chi connectivity index (χ3n) is 6.94. The molecular formula is C31H27Cl3F5NO4. The average Bonchev–Trinajstić information content (AvgIpc) is 2.92. The number of Topliss-reactive ketones (excluding diaryl/α,β-unsaturated/α-hetero) is 2. The maximum atomic E-state index is 13.4. The van der Waals surface area contributed by atoms with Gasteiger partial charge in [-0.25, -0.2) is 8.78 Å². The Labute approximate surface area is 265 Å². The number of ether oxygens (including phenoxy) is 1. The minimum atomic E-state index is -4.74. The number of nitrogens with one attached hydrogen (secondary N) is 1. The van der Waals surface area contributed by atoms with Crippen molar-refractivity contribution in [3.8, 4) is 5.75 Å². The zero-order valence-electron chi connectivity index (χ0n) is 23.7. The van der Waals surface area contributed by atoms with Crippen LogP contribution in [0.25, 0.3) is 0 Å². The van der Waals surface area contributed by atoms with Crippen molar-refractivity contribution in [3.63, 3.8) is 0 Å². The second-order valence-electron chi connectivity index (χ2n) is 10.5. The molecule has 1 N–H and O–H groups in total. The molecule has 0 radical (unpaired) electrons. The number of hydrogen-bond acceptors (Lipinski definition) is 4. The molecule has 0 fully saturated rings. The average molecular weight is 679 g/mol. The molecule has 44 heavy (non-hydrogen) atoms. The van der Waals surface area contributed by atoms with Crippen LogP contribution in [0.1, 0.15) is 57.7 Å². The van der Waals surface area contributed by atoms with Gasteiger partial charge in [-0.3, -0.25) is 14.4 Å². The summed E-state index contributed by atoms with van der Waals surface area (Å²) >= 11 is 18.8. The molecule has 0 aromatic heterocycles. The summed E-state index contributed by atoms with van der Waals surface area (Å²) in [6.07, 6.45) is -8.54. The van der Waals surface area contributed by atoms with Gasteiger partial charge < -0.3 is 10.1 Å². The van der Waals surface area contributed by atoms with Crippen LogP contribution in [0.5, 0.6) is 5.75 Å². The number of alkyl halides is 5. The minimum absolute atomic E-state index is 0.0306. The second-order valence-corrected chi connectivity index (χ2v) is 11.7. The number of ketones is 2. The van der Waals surface area contributed by atoms with E-state index < -0.39 is 48.5 Å². The number of carbonyl (C=O) groups excluding carboxylic acids is 3. The second kappa shape index (κ2) is 14.3. The molecule has 0 heterocycles. The lowest BCUT2D eigenvalue weighted by atomic mass is 9.84. The molecule has 0 atom stereocenters. The monoisotopic (exact) mass is 677 g/mol. The highest BCUT2D eigenvalue weighted by atomic mass is 35.5. The van der Waals surface area contributed by atoms with Crippen molar-refractivity contribution in [1.29, 1.82) is 0 Å². The van der Waals surface area contributed by atoms with Crippen LogP contribution >= 0.6 is 34.8 Å². The summed E-state index contributed by atoms with van der Waals surface area (Å²) in [5.74, 6) is -2.50. The number of amides is 1. The normalized spacial score (nSPS) is 11.9. The number of anilines is 1. The van der Waals surface area contributed by atoms with Gasteiger partial charge in [0.25, 0.3) is 12.3 Å². The molecular weight excluding hydrogens is 652 g/mol. The molecule has 5 nitrogen and oxygen atoms in total. The van der Waals surface area contributed by atoms with Crippen LogP contribution in [0.4, 0.5) is 27.6 Å². The number of aryl methyl sites for hydroxylation is 2. The molecule has 3 rings (SSSR count). The van der Waals surface area contributed by atoms with E-state index in [-0.39, 0.29) is 50.9 Å². The summed E-state index contributed by atoms with van der Waals surface area (Å²) in [5, 5.41) is 2.86. The lowest BCUT2D eigenvalue weighted by molar-refractivity contribution is -0.210. The van der Waals surface area contributed by atoms with Crippen molar-refractivity contribution >= 4 is 58.0 Å². The Bertz CT molecular complexity index is 1570. The molecule has 13 heteroatoms. The fraction of sp³-hybridized carbons (Fsp3) is 0.323. The summed E-state index contributed by atoms with van der Waals surface area (Å²) in [5.41, 5.74) is -1.23. The number of benzene rings is 3. The van der Waals surface area contributed by atoms with Gasteiger partial charge in [-0.2, -0.15) is 13.2 Å². The van der Waals surface area contributed by atoms with Gasteiger partial charge in [0, 0.05) is 23.6 Å². The summed E-state index contributed by atoms with van der Waals surface area (Å²) in [4.78, 5) is 38.9. The highest BCUT2D eigenvalue weighted by molar-refractivity contribution is 6.40. The van der Waals surface area contributed by atoms with Gasteiger partial charge in [-0.05, 0) is 74.2 Å². The lowest BCUT2D eigenvalue weighted by Gasteiger charge is -2.26. The molecule has 3 aromatic carbocycles. The Morgan fingerprint density at radius 3 is 2.27 bits per heavy atom. The molecule has 0 unspecified atom stereocenters. The Kier molecular flexibility index (Phi) is 11.4. The van der Waals surface area contributed by atoms with Crippen LogP contribution in [0.2, 0.25) is 15.1 Å². The molecule has 0 spiro atoms. The molecule has 1 amide bonds. The van der Waals surface area contributed by atoms with E-state index in [9.17, 15) is 36.3 Å². The quantitative estimate of drug-likeness (QED) is 0.153. The predicted octanol–water partition coefficient (Wildman–Crippen LogP) is 9.37. The first kappa shape index (κ1) is 35.3. The Morgan fingerprint density at radius 2 is 1.64 bits per heavy atom. The van der Waals surface area contributed by atoms with Crippen LogP contribution in [0, 0.1) is 12.3 Å². The van der Waals surface area contributed by atoms with Gasteiger partial charge in [-0.1, -0.05) is 53.0 Å². The van der Waals surface area contributed by atoms with Crippen molar-refractivity contribution < 1.29 is 41.1 Å². The number of halogens is 8. The van der Waals surface area contributed by atoms with E-state index >= 15 is 0 Å². The van der Waals surface area contributed by atoms with E-state index in [1.54, 1.807) is 19.1 Å². The number of carbonyl (C=O) groups is 3. The van der Waals surface area contributed by atoms with E-state index in [4.69, 9.17) is 39.5 Å². The standard InChI is InChI=1S/C31H27Cl3F5NO4/c1-16-4-8-19(32)14-22(16)40-29(43)20-12-17(5-10-24(20)44-15-26(35)36)13-23(41)27-21(33)9-6-18(28(27)34)7-11-25(42)30(2,3)31(37,38)39/h4-6,8-10,12,14,26H,7,11,13,15H2,1-3H3,(H,40,43). The molecule has 236 valence electrons. The van der Waals surface area contributed by atoms with Gasteiger partial charge in [0.15, 0.2) is 5.78 Å². The first-order chi connectivity index (χ1) is 20.4. The van der Waals surface area contributed by atoms with E-state index in [0.29, 0.717) is 16.3 Å². The zero-order chi connectivity index (χ0) is 33.0. The van der Waals surface area contributed by atoms with Gasteiger partial charge >= 0.3 is 6.18 Å². The van der Waals surface area contributed by atoms with E-state index in [1.165, 1.54) is 36.4 Å². The van der Waals surface area contributed by atoms with Crippen LogP contribution in [0.15, 0.2) is 48.5 Å². The van der Waals surface area contributed by atoms with Crippen LogP contribution in [-0.4, -0.2) is 36.7 Å². The highest BCUT2D eigenvalue weighted by Crippen LogP contribution is 2.40. The molecule has 0 bridgehead atoms. The first-order valence-electron chi connectivity index (χ1n) is 13.1. The first-order valence-corrected chi connectivity index (χ1v) is 14.3. The van der Waals surface area contributed by atoms with Crippen molar-refractivity contribution in [2.75, 3.05) is 11.9 Å². The fourth-order valence-electron chi connectivity index (χ4n) is 4.10. The van der Waals surface area contributed by atoms with Crippen LogP contribution in [0.3, 0.4) is 0 Å². The van der Waals surface area contributed by atoms with Crippen molar-refractivity contribution in [2.24, 2.45) is 5.41 Å². The Morgan fingerprint density at radius 1 is 0.955 bits per heavy atom. The minimum Gasteiger partial charge on any atom is -0.487 e. The highest BCUT2D eigenvalue weighted by Gasteiger charge is 2.52. The molecule has 3 aromatic rings. The third kappa shape index (κ3) is 8.49. The number of rotatable bonds is 12. The van der Waals surface area contributed by atoms with Gasteiger partial charge in [0.2, 0.25) is 0 Å². The van der Waals surface area contributed by atoms with E-state index in [1.807, 2.05) is 0 Å². The Hall–Kier alpha value is -3.21. The lowest BCUT2D eigenvalue weighted by Crippen LogP contribution is -2.39. The van der Waals surface area contributed by atoms with E-state index in [2.05, 4.69) is 5.32 Å². The van der Waals surface area contributed by atoms with E-state index in [0.717, 1.165) is 13.8 Å². The summed E-state index contributed by atoms with van der Waals surface area (Å²) < 4.78 is 70.7. The van der Waals surface area contributed by atoms with Gasteiger partial charge in [0.1, 0.15) is 23.6 Å². The fourth-order valence-corrected chi connectivity index (χ4v) is 4.95. The van der Waals surface area contributed by atoms with Gasteiger partial charge in [-0.15, -0.1) is 0 Å². The van der Waals surface area contributed by atoms with Crippen molar-refractivity contribution in [1.82, 2.24) is 0 Å². The molecule has 0 saturated carbocycles. The topological polar surface area (TPSA) is 72.5 Å². The Balaban J connectivity index is 1.88. The summed E-state index contributed by atoms with van der Waals surface area (Å²) in [7, 11) is 0. The summed E-state index contributed by atoms with van der Waals surface area (Å²) in [6.45, 7) is 2.34. The van der Waals surface area contributed by atoms with Crippen molar-refractivity contribution in [2.45, 2.75) is 52.6 Å². The smallest absolute Gasteiger partial charge is 0.400 e. The van der Waals surface area contributed by atoms with Crippen LogP contribution in [-0.2, 0) is 17.6 Å². The largest absolute Gasteiger partial charge is 0.487 e. The zero-order valence-corrected chi connectivity index (χ0v) is 25.9.